The normalized spacial score (nSPS) is 10.9. The van der Waals surface area contributed by atoms with Gasteiger partial charge in [-0.25, -0.2) is 4.79 Å². The molecule has 6 heteroatoms. The van der Waals surface area contributed by atoms with Crippen molar-refractivity contribution in [3.63, 3.8) is 0 Å². The first kappa shape index (κ1) is 20.0. The zero-order valence-corrected chi connectivity index (χ0v) is 17.3. The molecule has 0 saturated heterocycles. The number of hydrogen-bond acceptors (Lipinski definition) is 2. The number of urea groups is 1. The van der Waals surface area contributed by atoms with Crippen LogP contribution in [-0.2, 0) is 6.54 Å². The highest BCUT2D eigenvalue weighted by atomic mass is 35.5. The summed E-state index contributed by atoms with van der Waals surface area (Å²) in [7, 11) is 0. The van der Waals surface area contributed by atoms with Gasteiger partial charge in [-0.05, 0) is 49.1 Å². The van der Waals surface area contributed by atoms with Crippen molar-refractivity contribution < 1.29 is 4.79 Å². The van der Waals surface area contributed by atoms with Crippen LogP contribution in [0.5, 0.6) is 0 Å². The Bertz CT molecular complexity index is 977. The van der Waals surface area contributed by atoms with Gasteiger partial charge in [-0.2, -0.15) is 5.10 Å². The summed E-state index contributed by atoms with van der Waals surface area (Å²) in [5, 5.41) is 11.0. The molecular weight excluding hydrogens is 372 g/mol. The van der Waals surface area contributed by atoms with Crippen LogP contribution < -0.4 is 10.6 Å². The lowest BCUT2D eigenvalue weighted by Gasteiger charge is -2.10. The third-order valence-corrected chi connectivity index (χ3v) is 5.10. The standard InChI is InChI=1S/C22H25ClN4O/c1-14(2)17-9-11-19(12-10-17)24-22(28)25-21-15(3)26-27(16(21)4)13-18-7-5-6-8-20(18)23/h5-12,14H,13H2,1-4H3,(H2,24,25,28). The summed E-state index contributed by atoms with van der Waals surface area (Å²) in [5.74, 6) is 0.456. The van der Waals surface area contributed by atoms with E-state index in [0.717, 1.165) is 22.6 Å². The molecule has 0 atom stereocenters. The van der Waals surface area contributed by atoms with Crippen LogP contribution in [0.2, 0.25) is 5.02 Å². The molecule has 1 aromatic heterocycles. The van der Waals surface area contributed by atoms with Crippen molar-refractivity contribution in [1.82, 2.24) is 9.78 Å². The molecule has 0 fully saturated rings. The minimum atomic E-state index is -0.291. The van der Waals surface area contributed by atoms with Crippen LogP contribution in [0.4, 0.5) is 16.2 Å². The van der Waals surface area contributed by atoms with E-state index in [-0.39, 0.29) is 6.03 Å². The summed E-state index contributed by atoms with van der Waals surface area (Å²) in [6.07, 6.45) is 0. The van der Waals surface area contributed by atoms with Crippen LogP contribution in [0.25, 0.3) is 0 Å². The summed E-state index contributed by atoms with van der Waals surface area (Å²) >= 11 is 6.26. The molecule has 3 aromatic rings. The van der Waals surface area contributed by atoms with Crippen LogP contribution >= 0.6 is 11.6 Å². The van der Waals surface area contributed by atoms with Gasteiger partial charge in [0.25, 0.3) is 0 Å². The molecule has 0 saturated carbocycles. The van der Waals surface area contributed by atoms with Gasteiger partial charge in [0.1, 0.15) is 0 Å². The lowest BCUT2D eigenvalue weighted by atomic mass is 10.0. The smallest absolute Gasteiger partial charge is 0.308 e. The highest BCUT2D eigenvalue weighted by molar-refractivity contribution is 6.31. The number of nitrogens with zero attached hydrogens (tertiary/aromatic N) is 2. The van der Waals surface area contributed by atoms with Crippen LogP contribution in [0.1, 0.15) is 42.3 Å². The lowest BCUT2D eigenvalue weighted by Crippen LogP contribution is -2.20. The number of carbonyl (C=O) groups excluding carboxylic acids is 1. The first-order chi connectivity index (χ1) is 13.3. The molecule has 0 aliphatic rings. The van der Waals surface area contributed by atoms with E-state index in [1.54, 1.807) is 0 Å². The van der Waals surface area contributed by atoms with E-state index < -0.39 is 0 Å². The average molecular weight is 397 g/mol. The molecule has 28 heavy (non-hydrogen) atoms. The Morgan fingerprint density at radius 1 is 1.07 bits per heavy atom. The second kappa shape index (κ2) is 8.48. The zero-order chi connectivity index (χ0) is 20.3. The van der Waals surface area contributed by atoms with Crippen molar-refractivity contribution in [2.45, 2.75) is 40.2 Å². The van der Waals surface area contributed by atoms with Gasteiger partial charge in [0.05, 0.1) is 23.6 Å². The van der Waals surface area contributed by atoms with Crippen molar-refractivity contribution in [2.75, 3.05) is 10.6 Å². The fourth-order valence-corrected chi connectivity index (χ4v) is 3.24. The SMILES string of the molecule is Cc1nn(Cc2ccccc2Cl)c(C)c1NC(=O)Nc1ccc(C(C)C)cc1. The Morgan fingerprint density at radius 2 is 1.75 bits per heavy atom. The molecule has 146 valence electrons. The summed E-state index contributed by atoms with van der Waals surface area (Å²) in [5.41, 5.74) is 5.32. The Kier molecular flexibility index (Phi) is 6.05. The van der Waals surface area contributed by atoms with Gasteiger partial charge in [0.2, 0.25) is 0 Å². The molecule has 5 nitrogen and oxygen atoms in total. The van der Waals surface area contributed by atoms with Crippen LogP contribution in [0, 0.1) is 13.8 Å². The lowest BCUT2D eigenvalue weighted by molar-refractivity contribution is 0.262. The van der Waals surface area contributed by atoms with E-state index >= 15 is 0 Å². The minimum Gasteiger partial charge on any atom is -0.308 e. The van der Waals surface area contributed by atoms with E-state index in [9.17, 15) is 4.79 Å². The number of nitrogens with one attached hydrogen (secondary N) is 2. The Labute approximate surface area is 170 Å². The summed E-state index contributed by atoms with van der Waals surface area (Å²) < 4.78 is 1.85. The molecule has 0 bridgehead atoms. The van der Waals surface area contributed by atoms with Crippen LogP contribution in [-0.4, -0.2) is 15.8 Å². The van der Waals surface area contributed by atoms with Gasteiger partial charge in [-0.15, -0.1) is 0 Å². The third kappa shape index (κ3) is 4.54. The molecule has 0 spiro atoms. The fourth-order valence-electron chi connectivity index (χ4n) is 3.05. The molecule has 2 amide bonds. The quantitative estimate of drug-likeness (QED) is 0.558. The second-order valence-corrected chi connectivity index (χ2v) is 7.56. The maximum Gasteiger partial charge on any atom is 0.323 e. The van der Waals surface area contributed by atoms with E-state index in [1.807, 2.05) is 67.1 Å². The maximum atomic E-state index is 12.4. The van der Waals surface area contributed by atoms with Crippen LogP contribution in [0.15, 0.2) is 48.5 Å². The van der Waals surface area contributed by atoms with Crippen molar-refractivity contribution >= 4 is 29.0 Å². The first-order valence-electron chi connectivity index (χ1n) is 9.30. The van der Waals surface area contributed by atoms with Crippen molar-refractivity contribution in [1.29, 1.82) is 0 Å². The number of benzene rings is 2. The Balaban J connectivity index is 1.71. The maximum absolute atomic E-state index is 12.4. The topological polar surface area (TPSA) is 59.0 Å². The monoisotopic (exact) mass is 396 g/mol. The summed E-state index contributed by atoms with van der Waals surface area (Å²) in [6, 6.07) is 15.3. The summed E-state index contributed by atoms with van der Waals surface area (Å²) in [6.45, 7) is 8.64. The largest absolute Gasteiger partial charge is 0.323 e. The highest BCUT2D eigenvalue weighted by Gasteiger charge is 2.15. The number of halogens is 1. The number of hydrogen-bond donors (Lipinski definition) is 2. The van der Waals surface area contributed by atoms with Crippen molar-refractivity contribution in [3.8, 4) is 0 Å². The number of rotatable bonds is 5. The average Bonchev–Trinajstić information content (AvgIpc) is 2.91. The molecule has 3 rings (SSSR count). The molecule has 2 N–H and O–H groups in total. The highest BCUT2D eigenvalue weighted by Crippen LogP contribution is 2.23. The minimum absolute atomic E-state index is 0.291. The van der Waals surface area contributed by atoms with Gasteiger partial charge >= 0.3 is 6.03 Å². The van der Waals surface area contributed by atoms with Crippen LogP contribution in [0.3, 0.4) is 0 Å². The fraction of sp³-hybridized carbons (Fsp3) is 0.273. The van der Waals surface area contributed by atoms with Gasteiger partial charge < -0.3 is 10.6 Å². The number of amides is 2. The molecule has 0 unspecified atom stereocenters. The molecular formula is C22H25ClN4O. The predicted octanol–water partition coefficient (Wildman–Crippen LogP) is 5.97. The van der Waals surface area contributed by atoms with Gasteiger partial charge in [-0.1, -0.05) is 55.8 Å². The number of carbonyl (C=O) groups is 1. The third-order valence-electron chi connectivity index (χ3n) is 4.73. The van der Waals surface area contributed by atoms with Crippen molar-refractivity contribution in [3.05, 3.63) is 76.1 Å². The molecule has 0 aliphatic heterocycles. The molecule has 0 radical (unpaired) electrons. The van der Waals surface area contributed by atoms with E-state index in [2.05, 4.69) is 29.6 Å². The molecule has 1 heterocycles. The Hall–Kier alpha value is -2.79. The number of anilines is 2. The predicted molar refractivity (Wildman–Crippen MR) is 115 cm³/mol. The van der Waals surface area contributed by atoms with E-state index in [4.69, 9.17) is 11.6 Å². The molecule has 0 aliphatic carbocycles. The molecule has 2 aromatic carbocycles. The van der Waals surface area contributed by atoms with Gasteiger partial charge in [-0.3, -0.25) is 4.68 Å². The number of aryl methyl sites for hydroxylation is 1. The summed E-state index contributed by atoms with van der Waals surface area (Å²) in [4.78, 5) is 12.4. The second-order valence-electron chi connectivity index (χ2n) is 7.15. The zero-order valence-electron chi connectivity index (χ0n) is 16.6. The van der Waals surface area contributed by atoms with E-state index in [0.29, 0.717) is 23.2 Å². The van der Waals surface area contributed by atoms with Crippen molar-refractivity contribution in [2.24, 2.45) is 0 Å². The van der Waals surface area contributed by atoms with Gasteiger partial charge in [0.15, 0.2) is 0 Å². The first-order valence-corrected chi connectivity index (χ1v) is 9.68. The van der Waals surface area contributed by atoms with E-state index in [1.165, 1.54) is 5.56 Å². The number of aromatic nitrogens is 2. The van der Waals surface area contributed by atoms with Gasteiger partial charge in [0, 0.05) is 10.7 Å². The Morgan fingerprint density at radius 3 is 2.39 bits per heavy atom.